The molecule has 19 heavy (non-hydrogen) atoms. The first-order chi connectivity index (χ1) is 9.06. The summed E-state index contributed by atoms with van der Waals surface area (Å²) in [5, 5.41) is 11.9. The molecule has 0 bridgehead atoms. The van der Waals surface area contributed by atoms with Crippen LogP contribution in [-0.4, -0.2) is 29.6 Å². The summed E-state index contributed by atoms with van der Waals surface area (Å²) in [5.41, 5.74) is 5.81. The van der Waals surface area contributed by atoms with E-state index >= 15 is 0 Å². The van der Waals surface area contributed by atoms with Gasteiger partial charge in [-0.3, -0.25) is 9.59 Å². The van der Waals surface area contributed by atoms with Crippen molar-refractivity contribution in [2.75, 3.05) is 6.54 Å². The molecule has 4 N–H and O–H groups in total. The number of aliphatic carboxylic acids is 1. The van der Waals surface area contributed by atoms with Gasteiger partial charge in [-0.2, -0.15) is 0 Å². The van der Waals surface area contributed by atoms with Gasteiger partial charge in [-0.05, 0) is 50.9 Å². The number of carboxylic acid groups (broad SMARTS) is 1. The first kappa shape index (κ1) is 14.3. The number of carbonyl (C=O) groups excluding carboxylic acids is 1. The van der Waals surface area contributed by atoms with E-state index in [0.717, 1.165) is 44.9 Å². The number of nitrogens with two attached hydrogens (primary N) is 1. The number of hydrogen-bond acceptors (Lipinski definition) is 3. The monoisotopic (exact) mass is 268 g/mol. The van der Waals surface area contributed by atoms with E-state index in [9.17, 15) is 9.59 Å². The Balaban J connectivity index is 1.66. The van der Waals surface area contributed by atoms with Gasteiger partial charge in [-0.25, -0.2) is 0 Å². The van der Waals surface area contributed by atoms with E-state index in [-0.39, 0.29) is 23.8 Å². The normalized spacial score (nSPS) is 35.0. The van der Waals surface area contributed by atoms with Crippen LogP contribution >= 0.6 is 0 Å². The van der Waals surface area contributed by atoms with Gasteiger partial charge in [0.15, 0.2) is 0 Å². The SMILES string of the molecule is NC1CCC(C(=O)NCC2CCC(C(=O)O)CC2)C1. The molecular formula is C14H24N2O3. The smallest absolute Gasteiger partial charge is 0.306 e. The molecule has 2 aliphatic carbocycles. The predicted octanol–water partition coefficient (Wildman–Crippen LogP) is 1.12. The van der Waals surface area contributed by atoms with Crippen LogP contribution < -0.4 is 11.1 Å². The van der Waals surface area contributed by atoms with Crippen molar-refractivity contribution in [3.8, 4) is 0 Å². The molecule has 108 valence electrons. The maximum Gasteiger partial charge on any atom is 0.306 e. The lowest BCUT2D eigenvalue weighted by Crippen LogP contribution is -2.35. The van der Waals surface area contributed by atoms with Gasteiger partial charge in [0.2, 0.25) is 5.91 Å². The molecule has 2 atom stereocenters. The second-order valence-corrected chi connectivity index (χ2v) is 6.07. The highest BCUT2D eigenvalue weighted by molar-refractivity contribution is 5.79. The van der Waals surface area contributed by atoms with Crippen LogP contribution in [0.15, 0.2) is 0 Å². The number of carbonyl (C=O) groups is 2. The molecule has 2 fully saturated rings. The Bertz CT molecular complexity index is 338. The highest BCUT2D eigenvalue weighted by Gasteiger charge is 2.29. The lowest BCUT2D eigenvalue weighted by molar-refractivity contribution is -0.143. The number of rotatable bonds is 4. The van der Waals surface area contributed by atoms with Gasteiger partial charge in [-0.1, -0.05) is 0 Å². The molecule has 2 saturated carbocycles. The Morgan fingerprint density at radius 2 is 1.68 bits per heavy atom. The minimum absolute atomic E-state index is 0.0883. The molecule has 2 rings (SSSR count). The molecule has 0 aliphatic heterocycles. The number of carboxylic acids is 1. The molecule has 0 heterocycles. The maximum atomic E-state index is 11.9. The Morgan fingerprint density at radius 3 is 2.21 bits per heavy atom. The van der Waals surface area contributed by atoms with Crippen molar-refractivity contribution in [3.05, 3.63) is 0 Å². The van der Waals surface area contributed by atoms with Gasteiger partial charge in [0.1, 0.15) is 0 Å². The molecule has 0 aromatic heterocycles. The highest BCUT2D eigenvalue weighted by Crippen LogP contribution is 2.29. The molecule has 5 heteroatoms. The molecule has 0 saturated heterocycles. The van der Waals surface area contributed by atoms with E-state index in [0.29, 0.717) is 12.5 Å². The first-order valence-corrected chi connectivity index (χ1v) is 7.32. The Labute approximate surface area is 113 Å². The zero-order valence-electron chi connectivity index (χ0n) is 11.3. The van der Waals surface area contributed by atoms with E-state index in [2.05, 4.69) is 5.32 Å². The molecule has 2 unspecified atom stereocenters. The zero-order chi connectivity index (χ0) is 13.8. The van der Waals surface area contributed by atoms with E-state index in [1.807, 2.05) is 0 Å². The Hall–Kier alpha value is -1.10. The van der Waals surface area contributed by atoms with Crippen LogP contribution in [0.5, 0.6) is 0 Å². The average molecular weight is 268 g/mol. The van der Waals surface area contributed by atoms with Crippen LogP contribution in [0.2, 0.25) is 0 Å². The first-order valence-electron chi connectivity index (χ1n) is 7.32. The Kier molecular flexibility index (Phi) is 4.80. The quantitative estimate of drug-likeness (QED) is 0.712. The summed E-state index contributed by atoms with van der Waals surface area (Å²) in [7, 11) is 0. The van der Waals surface area contributed by atoms with Gasteiger partial charge in [0.25, 0.3) is 0 Å². The van der Waals surface area contributed by atoms with Crippen molar-refractivity contribution in [1.82, 2.24) is 5.32 Å². The van der Waals surface area contributed by atoms with Crippen molar-refractivity contribution >= 4 is 11.9 Å². The topological polar surface area (TPSA) is 92.4 Å². The van der Waals surface area contributed by atoms with E-state index in [4.69, 9.17) is 10.8 Å². The molecule has 0 aromatic carbocycles. The summed E-state index contributed by atoms with van der Waals surface area (Å²) in [6.45, 7) is 0.691. The molecule has 1 amide bonds. The summed E-state index contributed by atoms with van der Waals surface area (Å²) in [4.78, 5) is 22.8. The fourth-order valence-corrected chi connectivity index (χ4v) is 3.26. The molecule has 0 aromatic rings. The molecule has 0 spiro atoms. The third-order valence-corrected chi connectivity index (χ3v) is 4.60. The summed E-state index contributed by atoms with van der Waals surface area (Å²) < 4.78 is 0. The third-order valence-electron chi connectivity index (χ3n) is 4.60. The van der Waals surface area contributed by atoms with Gasteiger partial charge in [0.05, 0.1) is 5.92 Å². The fourth-order valence-electron chi connectivity index (χ4n) is 3.26. The van der Waals surface area contributed by atoms with Gasteiger partial charge >= 0.3 is 5.97 Å². The second-order valence-electron chi connectivity index (χ2n) is 6.07. The largest absolute Gasteiger partial charge is 0.481 e. The van der Waals surface area contributed by atoms with Crippen molar-refractivity contribution in [2.24, 2.45) is 23.5 Å². The molecule has 0 radical (unpaired) electrons. The summed E-state index contributed by atoms with van der Waals surface area (Å²) in [6.07, 6.45) is 5.94. The van der Waals surface area contributed by atoms with Crippen molar-refractivity contribution in [3.63, 3.8) is 0 Å². The van der Waals surface area contributed by atoms with Gasteiger partial charge in [0, 0.05) is 18.5 Å². The van der Waals surface area contributed by atoms with Gasteiger partial charge in [-0.15, -0.1) is 0 Å². The van der Waals surface area contributed by atoms with E-state index in [1.54, 1.807) is 0 Å². The van der Waals surface area contributed by atoms with E-state index < -0.39 is 5.97 Å². The minimum atomic E-state index is -0.678. The minimum Gasteiger partial charge on any atom is -0.481 e. The van der Waals surface area contributed by atoms with Crippen LogP contribution in [0, 0.1) is 17.8 Å². The predicted molar refractivity (Wildman–Crippen MR) is 71.4 cm³/mol. The average Bonchev–Trinajstić information content (AvgIpc) is 2.83. The Morgan fingerprint density at radius 1 is 1.05 bits per heavy atom. The zero-order valence-corrected chi connectivity index (χ0v) is 11.3. The lowest BCUT2D eigenvalue weighted by atomic mass is 9.82. The van der Waals surface area contributed by atoms with Crippen molar-refractivity contribution in [2.45, 2.75) is 51.0 Å². The molecular weight excluding hydrogens is 244 g/mol. The van der Waals surface area contributed by atoms with E-state index in [1.165, 1.54) is 0 Å². The number of amides is 1. The van der Waals surface area contributed by atoms with Crippen LogP contribution in [0.4, 0.5) is 0 Å². The van der Waals surface area contributed by atoms with Crippen LogP contribution in [0.25, 0.3) is 0 Å². The lowest BCUT2D eigenvalue weighted by Gasteiger charge is -2.26. The number of nitrogens with one attached hydrogen (secondary N) is 1. The highest BCUT2D eigenvalue weighted by atomic mass is 16.4. The second kappa shape index (κ2) is 6.37. The molecule has 5 nitrogen and oxygen atoms in total. The van der Waals surface area contributed by atoms with Crippen molar-refractivity contribution in [1.29, 1.82) is 0 Å². The summed E-state index contributed by atoms with van der Waals surface area (Å²) in [6, 6.07) is 0.182. The standard InChI is InChI=1S/C14H24N2O3/c15-12-6-5-11(7-12)13(17)16-8-9-1-3-10(4-2-9)14(18)19/h9-12H,1-8,15H2,(H,16,17)(H,18,19). The molecule has 2 aliphatic rings. The van der Waals surface area contributed by atoms with Crippen LogP contribution in [0.3, 0.4) is 0 Å². The summed E-state index contributed by atoms with van der Waals surface area (Å²) >= 11 is 0. The van der Waals surface area contributed by atoms with Gasteiger partial charge < -0.3 is 16.2 Å². The number of hydrogen-bond donors (Lipinski definition) is 3. The third kappa shape index (κ3) is 3.93. The van der Waals surface area contributed by atoms with Crippen molar-refractivity contribution < 1.29 is 14.7 Å². The van der Waals surface area contributed by atoms with Crippen LogP contribution in [-0.2, 0) is 9.59 Å². The summed E-state index contributed by atoms with van der Waals surface area (Å²) in [5.74, 6) is -0.199. The van der Waals surface area contributed by atoms with Crippen LogP contribution in [0.1, 0.15) is 44.9 Å². The maximum absolute atomic E-state index is 11.9. The fraction of sp³-hybridized carbons (Fsp3) is 0.857.